The van der Waals surface area contributed by atoms with Crippen molar-refractivity contribution < 1.29 is 17.9 Å². The normalized spacial score (nSPS) is 14.5. The van der Waals surface area contributed by atoms with Crippen LogP contribution in [-0.4, -0.2) is 37.1 Å². The van der Waals surface area contributed by atoms with Gasteiger partial charge in [-0.3, -0.25) is 9.78 Å². The molecule has 0 aromatic carbocycles. The van der Waals surface area contributed by atoms with Gasteiger partial charge >= 0.3 is 5.97 Å². The highest BCUT2D eigenvalue weighted by Gasteiger charge is 2.28. The van der Waals surface area contributed by atoms with E-state index in [1.807, 2.05) is 0 Å². The van der Waals surface area contributed by atoms with E-state index in [9.17, 15) is 13.2 Å². The summed E-state index contributed by atoms with van der Waals surface area (Å²) in [5.74, 6) is -0.565. The Morgan fingerprint density at radius 3 is 2.47 bits per heavy atom. The summed E-state index contributed by atoms with van der Waals surface area (Å²) in [6.45, 7) is 3.01. The van der Waals surface area contributed by atoms with Crippen LogP contribution in [0.1, 0.15) is 13.8 Å². The van der Waals surface area contributed by atoms with Crippen molar-refractivity contribution in [1.82, 2.24) is 4.98 Å². The lowest BCUT2D eigenvalue weighted by atomic mass is 10.4. The highest BCUT2D eigenvalue weighted by molar-refractivity contribution is 8.72. The maximum Gasteiger partial charge on any atom is 0.319 e. The summed E-state index contributed by atoms with van der Waals surface area (Å²) in [4.78, 5) is 15.1. The summed E-state index contributed by atoms with van der Waals surface area (Å²) in [6.07, 6.45) is 3.12. The largest absolute Gasteiger partial charge is 0.468 e. The van der Waals surface area contributed by atoms with Gasteiger partial charge in [0, 0.05) is 18.1 Å². The van der Waals surface area contributed by atoms with Crippen LogP contribution in [0.3, 0.4) is 0 Å². The number of aromatic nitrogens is 1. The van der Waals surface area contributed by atoms with E-state index in [2.05, 4.69) is 15.0 Å². The van der Waals surface area contributed by atoms with Gasteiger partial charge in [-0.2, -0.15) is 0 Å². The van der Waals surface area contributed by atoms with E-state index in [1.54, 1.807) is 24.5 Å². The molecule has 0 fully saturated rings. The number of hydrogen-bond donors (Lipinski definition) is 1. The van der Waals surface area contributed by atoms with Gasteiger partial charge in [0.25, 0.3) is 0 Å². The summed E-state index contributed by atoms with van der Waals surface area (Å²) in [5.41, 5.74) is 0.650. The molecule has 1 rings (SSSR count). The van der Waals surface area contributed by atoms with Crippen LogP contribution >= 0.6 is 10.8 Å². The number of ether oxygens (including phenoxy) is 1. The Labute approximate surface area is 116 Å². The van der Waals surface area contributed by atoms with Crippen LogP contribution in [0.5, 0.6) is 0 Å². The quantitative estimate of drug-likeness (QED) is 0.629. The van der Waals surface area contributed by atoms with Crippen LogP contribution in [0.15, 0.2) is 24.5 Å². The molecule has 0 spiro atoms. The summed E-state index contributed by atoms with van der Waals surface area (Å²) in [5, 5.41) is 1.25. The van der Waals surface area contributed by atoms with Gasteiger partial charge in [0.15, 0.2) is 0 Å². The minimum Gasteiger partial charge on any atom is -0.468 e. The van der Waals surface area contributed by atoms with Gasteiger partial charge in [-0.15, -0.1) is 0 Å². The number of rotatable bonds is 6. The van der Waals surface area contributed by atoms with E-state index in [1.165, 1.54) is 21.0 Å². The molecule has 2 unspecified atom stereocenters. The van der Waals surface area contributed by atoms with Crippen molar-refractivity contribution in [2.45, 2.75) is 24.5 Å². The maximum atomic E-state index is 12.0. The minimum absolute atomic E-state index is 0.565. The van der Waals surface area contributed by atoms with Crippen LogP contribution in [0, 0.1) is 0 Å². The number of hydrogen-bond acceptors (Lipinski definition) is 7. The van der Waals surface area contributed by atoms with Crippen molar-refractivity contribution >= 4 is 31.3 Å². The van der Waals surface area contributed by atoms with Gasteiger partial charge in [0.05, 0.1) is 7.11 Å². The minimum atomic E-state index is -3.53. The molecule has 0 radical (unpaired) electrons. The fourth-order valence-corrected chi connectivity index (χ4v) is 4.36. The van der Waals surface area contributed by atoms with Crippen molar-refractivity contribution in [3.63, 3.8) is 0 Å². The van der Waals surface area contributed by atoms with Gasteiger partial charge in [0.2, 0.25) is 8.87 Å². The number of carbonyl (C=O) groups is 1. The molecule has 0 saturated carbocycles. The number of carbonyl (C=O) groups excluding carboxylic acids is 1. The smallest absolute Gasteiger partial charge is 0.319 e. The zero-order chi connectivity index (χ0) is 14.5. The summed E-state index contributed by atoms with van der Waals surface area (Å²) >= 11 is 0. The zero-order valence-corrected chi connectivity index (χ0v) is 12.5. The van der Waals surface area contributed by atoms with E-state index >= 15 is 0 Å². The second kappa shape index (κ2) is 6.76. The Balaban J connectivity index is 2.69. The Morgan fingerprint density at radius 1 is 1.37 bits per heavy atom. The lowest BCUT2D eigenvalue weighted by Crippen LogP contribution is -2.27. The fourth-order valence-electron chi connectivity index (χ4n) is 1.24. The van der Waals surface area contributed by atoms with Crippen molar-refractivity contribution in [2.24, 2.45) is 0 Å². The van der Waals surface area contributed by atoms with Crippen LogP contribution < -0.4 is 5.32 Å². The van der Waals surface area contributed by atoms with E-state index < -0.39 is 25.5 Å². The monoisotopic (exact) mass is 304 g/mol. The first kappa shape index (κ1) is 15.8. The molecule has 0 amide bonds. The first-order valence-corrected chi connectivity index (χ1v) is 8.47. The van der Waals surface area contributed by atoms with Crippen molar-refractivity contribution in [3.05, 3.63) is 24.5 Å². The van der Waals surface area contributed by atoms with Crippen LogP contribution in [-0.2, 0) is 18.4 Å². The standard InChI is InChI=1S/C11H16N2O4S2/c1-8(11(14)17-3)18-19(15,16)9(2)13-10-4-6-12-7-5-10/h4-9H,1-3H3,(H,12,13). The second-order valence-corrected chi connectivity index (χ2v) is 8.34. The number of pyridine rings is 1. The van der Waals surface area contributed by atoms with Crippen LogP contribution in [0.4, 0.5) is 5.69 Å². The second-order valence-electron chi connectivity index (χ2n) is 3.78. The summed E-state index contributed by atoms with van der Waals surface area (Å²) in [6, 6.07) is 3.33. The molecule has 0 aliphatic carbocycles. The number of anilines is 1. The van der Waals surface area contributed by atoms with Gasteiger partial charge in [-0.1, -0.05) is 0 Å². The Kier molecular flexibility index (Phi) is 5.61. The predicted molar refractivity (Wildman–Crippen MR) is 75.3 cm³/mol. The molecular formula is C11H16N2O4S2. The molecule has 6 nitrogen and oxygen atoms in total. The third-order valence-electron chi connectivity index (χ3n) is 2.29. The molecule has 0 aliphatic heterocycles. The lowest BCUT2D eigenvalue weighted by molar-refractivity contribution is -0.139. The predicted octanol–water partition coefficient (Wildman–Crippen LogP) is 1.46. The van der Waals surface area contributed by atoms with E-state index in [4.69, 9.17) is 0 Å². The number of nitrogens with one attached hydrogen (secondary N) is 1. The molecular weight excluding hydrogens is 288 g/mol. The molecule has 0 bridgehead atoms. The molecule has 0 aliphatic rings. The molecule has 106 valence electrons. The summed E-state index contributed by atoms with van der Waals surface area (Å²) in [7, 11) is -1.72. The topological polar surface area (TPSA) is 85.4 Å². The highest BCUT2D eigenvalue weighted by atomic mass is 33.1. The Bertz CT molecular complexity index is 519. The molecule has 0 saturated heterocycles. The Hall–Kier alpha value is -1.28. The first-order chi connectivity index (χ1) is 8.86. The maximum absolute atomic E-state index is 12.0. The average Bonchev–Trinajstić information content (AvgIpc) is 2.38. The molecule has 1 aromatic heterocycles. The SMILES string of the molecule is COC(=O)C(C)SS(=O)(=O)C(C)Nc1ccncc1. The highest BCUT2D eigenvalue weighted by Crippen LogP contribution is 2.25. The molecule has 1 heterocycles. The van der Waals surface area contributed by atoms with Crippen molar-refractivity contribution in [2.75, 3.05) is 12.4 Å². The third-order valence-corrected chi connectivity index (χ3v) is 6.56. The van der Waals surface area contributed by atoms with Crippen molar-refractivity contribution in [1.29, 1.82) is 0 Å². The fraction of sp³-hybridized carbons (Fsp3) is 0.455. The van der Waals surface area contributed by atoms with Crippen LogP contribution in [0.2, 0.25) is 0 Å². The molecule has 19 heavy (non-hydrogen) atoms. The van der Waals surface area contributed by atoms with E-state index in [-0.39, 0.29) is 0 Å². The molecule has 1 N–H and O–H groups in total. The first-order valence-electron chi connectivity index (χ1n) is 5.53. The van der Waals surface area contributed by atoms with Crippen LogP contribution in [0.25, 0.3) is 0 Å². The van der Waals surface area contributed by atoms with E-state index in [0.717, 1.165) is 0 Å². The average molecular weight is 304 g/mol. The Morgan fingerprint density at radius 2 is 1.95 bits per heavy atom. The van der Waals surface area contributed by atoms with Gasteiger partial charge < -0.3 is 10.1 Å². The third kappa shape index (κ3) is 4.71. The number of methoxy groups -OCH3 is 1. The number of nitrogens with zero attached hydrogens (tertiary/aromatic N) is 1. The molecule has 2 atom stereocenters. The van der Waals surface area contributed by atoms with Gasteiger partial charge in [-0.25, -0.2) is 8.42 Å². The zero-order valence-electron chi connectivity index (χ0n) is 10.9. The lowest BCUT2D eigenvalue weighted by Gasteiger charge is -2.17. The van der Waals surface area contributed by atoms with Gasteiger partial charge in [-0.05, 0) is 36.8 Å². The molecule has 8 heteroatoms. The summed E-state index contributed by atoms with van der Waals surface area (Å²) < 4.78 is 28.6. The number of esters is 1. The van der Waals surface area contributed by atoms with E-state index in [0.29, 0.717) is 16.5 Å². The van der Waals surface area contributed by atoms with Crippen molar-refractivity contribution in [3.8, 4) is 0 Å². The molecule has 1 aromatic rings. The van der Waals surface area contributed by atoms with Gasteiger partial charge in [0.1, 0.15) is 10.6 Å².